The van der Waals surface area contributed by atoms with Crippen LogP contribution in [-0.2, 0) is 9.53 Å². The van der Waals surface area contributed by atoms with Crippen LogP contribution in [0.5, 0.6) is 0 Å². The summed E-state index contributed by atoms with van der Waals surface area (Å²) in [5, 5.41) is 9.38. The molecular weight excluding hydrogens is 358 g/mol. The molecule has 27 heavy (non-hydrogen) atoms. The van der Waals surface area contributed by atoms with E-state index in [0.29, 0.717) is 0 Å². The topological polar surface area (TPSA) is 66.8 Å². The summed E-state index contributed by atoms with van der Waals surface area (Å²) in [5.74, 6) is -1.06. The number of amides is 1. The van der Waals surface area contributed by atoms with Crippen LogP contribution in [0.1, 0.15) is 24.0 Å². The summed E-state index contributed by atoms with van der Waals surface area (Å²) in [6.07, 6.45) is -0.550. The number of carboxylic acids is 1. The minimum Gasteiger partial charge on any atom is -0.480 e. The molecule has 1 N–H and O–H groups in total. The summed E-state index contributed by atoms with van der Waals surface area (Å²) in [4.78, 5) is 24.2. The Balaban J connectivity index is 1.84. The number of carboxylic acid groups (broad SMARTS) is 1. The first kappa shape index (κ1) is 19.2. The Labute approximate surface area is 160 Å². The van der Waals surface area contributed by atoms with Gasteiger partial charge in [-0.05, 0) is 29.2 Å². The van der Waals surface area contributed by atoms with Gasteiger partial charge < -0.3 is 14.4 Å². The van der Waals surface area contributed by atoms with E-state index in [1.54, 1.807) is 0 Å². The van der Waals surface area contributed by atoms with Gasteiger partial charge in [-0.25, -0.2) is 4.79 Å². The SMILES string of the molecule is C[C@@H](C(=O)O)N(C(=O)OCC1c2ccccc2-c2ccccc21)[Si](C)(C)C. The number of ether oxygens (including phenoxy) is 1. The first-order valence-corrected chi connectivity index (χ1v) is 12.5. The highest BCUT2D eigenvalue weighted by atomic mass is 28.3. The number of fused-ring (bicyclic) bond motifs is 3. The first-order chi connectivity index (χ1) is 12.7. The molecule has 0 fully saturated rings. The fourth-order valence-corrected chi connectivity index (χ4v) is 5.67. The van der Waals surface area contributed by atoms with Crippen LogP contribution < -0.4 is 0 Å². The van der Waals surface area contributed by atoms with Gasteiger partial charge in [0.1, 0.15) is 12.6 Å². The Bertz CT molecular complexity index is 829. The van der Waals surface area contributed by atoms with Gasteiger partial charge in [0.25, 0.3) is 0 Å². The second-order valence-electron chi connectivity index (χ2n) is 7.86. The number of carbonyl (C=O) groups is 2. The third-order valence-corrected chi connectivity index (χ3v) is 7.02. The standard InChI is InChI=1S/C21H25NO4Si/c1-14(20(23)24)22(27(2,3)4)21(25)26-13-19-17-11-7-5-9-15(17)16-10-6-8-12-18(16)19/h5-12,14,19H,13H2,1-4H3,(H,23,24)/t14-/m0/s1. The minimum absolute atomic E-state index is 0.0371. The van der Waals surface area contributed by atoms with Crippen LogP contribution in [0.25, 0.3) is 11.1 Å². The smallest absolute Gasteiger partial charge is 0.402 e. The van der Waals surface area contributed by atoms with Gasteiger partial charge in [0.2, 0.25) is 0 Å². The van der Waals surface area contributed by atoms with Crippen molar-refractivity contribution >= 4 is 20.3 Å². The number of carbonyl (C=O) groups excluding carboxylic acids is 1. The lowest BCUT2D eigenvalue weighted by Crippen LogP contribution is -2.56. The zero-order valence-corrected chi connectivity index (χ0v) is 17.1. The maximum atomic E-state index is 12.8. The van der Waals surface area contributed by atoms with Gasteiger partial charge in [-0.1, -0.05) is 68.2 Å². The average molecular weight is 384 g/mol. The molecule has 0 radical (unpaired) electrons. The number of hydrogen-bond acceptors (Lipinski definition) is 3. The predicted molar refractivity (Wildman–Crippen MR) is 107 cm³/mol. The van der Waals surface area contributed by atoms with Gasteiger partial charge in [0.15, 0.2) is 8.24 Å². The van der Waals surface area contributed by atoms with E-state index in [1.165, 1.54) is 11.5 Å². The number of hydrogen-bond donors (Lipinski definition) is 1. The van der Waals surface area contributed by atoms with Crippen LogP contribution in [0.3, 0.4) is 0 Å². The highest BCUT2D eigenvalue weighted by molar-refractivity contribution is 6.75. The molecule has 0 heterocycles. The molecule has 2 aromatic rings. The van der Waals surface area contributed by atoms with E-state index in [-0.39, 0.29) is 12.5 Å². The summed E-state index contributed by atoms with van der Waals surface area (Å²) < 4.78 is 7.08. The molecule has 5 nitrogen and oxygen atoms in total. The van der Waals surface area contributed by atoms with E-state index in [9.17, 15) is 14.7 Å². The second-order valence-corrected chi connectivity index (χ2v) is 12.7. The van der Waals surface area contributed by atoms with Crippen LogP contribution in [0, 0.1) is 0 Å². The normalized spacial score (nSPS) is 14.2. The zero-order valence-electron chi connectivity index (χ0n) is 16.1. The monoisotopic (exact) mass is 383 g/mol. The van der Waals surface area contributed by atoms with E-state index in [2.05, 4.69) is 24.3 Å². The predicted octanol–water partition coefficient (Wildman–Crippen LogP) is 4.55. The lowest BCUT2D eigenvalue weighted by atomic mass is 9.98. The molecule has 0 saturated heterocycles. The van der Waals surface area contributed by atoms with Crippen LogP contribution in [0.4, 0.5) is 4.79 Å². The lowest BCUT2D eigenvalue weighted by Gasteiger charge is -2.36. The Morgan fingerprint density at radius 3 is 1.96 bits per heavy atom. The van der Waals surface area contributed by atoms with Crippen molar-refractivity contribution in [1.29, 1.82) is 0 Å². The molecule has 0 unspecified atom stereocenters. The third-order valence-electron chi connectivity index (χ3n) is 5.00. The molecule has 0 saturated carbocycles. The largest absolute Gasteiger partial charge is 0.480 e. The van der Waals surface area contributed by atoms with Crippen molar-refractivity contribution in [2.24, 2.45) is 0 Å². The van der Waals surface area contributed by atoms with Crippen LogP contribution in [-0.4, -0.2) is 42.6 Å². The number of benzene rings is 2. The summed E-state index contributed by atoms with van der Waals surface area (Å²) in [7, 11) is -2.22. The van der Waals surface area contributed by atoms with Crippen molar-refractivity contribution in [3.8, 4) is 11.1 Å². The van der Waals surface area contributed by atoms with E-state index >= 15 is 0 Å². The van der Waals surface area contributed by atoms with Crippen LogP contribution in [0.2, 0.25) is 19.6 Å². The molecule has 1 aliphatic rings. The van der Waals surface area contributed by atoms with Gasteiger partial charge in [0.05, 0.1) is 0 Å². The van der Waals surface area contributed by atoms with Gasteiger partial charge in [-0.3, -0.25) is 4.79 Å². The average Bonchev–Trinajstić information content (AvgIpc) is 2.93. The third kappa shape index (κ3) is 3.62. The summed E-state index contributed by atoms with van der Waals surface area (Å²) in [6, 6.07) is 15.4. The minimum atomic E-state index is -2.22. The molecule has 0 aliphatic heterocycles. The molecule has 1 atom stereocenters. The molecule has 0 spiro atoms. The second kappa shape index (κ2) is 7.19. The fraction of sp³-hybridized carbons (Fsp3) is 0.333. The quantitative estimate of drug-likeness (QED) is 0.770. The maximum Gasteiger partial charge on any atom is 0.402 e. The van der Waals surface area contributed by atoms with E-state index < -0.39 is 26.3 Å². The highest BCUT2D eigenvalue weighted by Gasteiger charge is 2.38. The lowest BCUT2D eigenvalue weighted by molar-refractivity contribution is -0.140. The maximum absolute atomic E-state index is 12.8. The van der Waals surface area contributed by atoms with Gasteiger partial charge in [-0.2, -0.15) is 0 Å². The molecule has 2 aromatic carbocycles. The van der Waals surface area contributed by atoms with Crippen molar-refractivity contribution in [2.45, 2.75) is 38.5 Å². The van der Waals surface area contributed by atoms with Gasteiger partial charge in [-0.15, -0.1) is 0 Å². The molecule has 1 aliphatic carbocycles. The summed E-state index contributed by atoms with van der Waals surface area (Å²) in [5.41, 5.74) is 4.60. The van der Waals surface area contributed by atoms with Crippen molar-refractivity contribution in [3.63, 3.8) is 0 Å². The number of aliphatic carboxylic acids is 1. The molecule has 142 valence electrons. The van der Waals surface area contributed by atoms with Crippen LogP contribution >= 0.6 is 0 Å². The molecule has 6 heteroatoms. The van der Waals surface area contributed by atoms with Crippen molar-refractivity contribution in [3.05, 3.63) is 59.7 Å². The molecule has 0 aromatic heterocycles. The van der Waals surface area contributed by atoms with E-state index in [0.717, 1.165) is 22.3 Å². The molecule has 1 amide bonds. The highest BCUT2D eigenvalue weighted by Crippen LogP contribution is 2.44. The Hall–Kier alpha value is -2.60. The Morgan fingerprint density at radius 2 is 1.52 bits per heavy atom. The summed E-state index contributed by atoms with van der Waals surface area (Å²) >= 11 is 0. The Kier molecular flexibility index (Phi) is 5.11. The van der Waals surface area contributed by atoms with E-state index in [1.807, 2.05) is 43.9 Å². The van der Waals surface area contributed by atoms with Crippen molar-refractivity contribution in [2.75, 3.05) is 6.61 Å². The van der Waals surface area contributed by atoms with Gasteiger partial charge in [0, 0.05) is 5.92 Å². The molecular formula is C21H25NO4Si. The van der Waals surface area contributed by atoms with Crippen LogP contribution in [0.15, 0.2) is 48.5 Å². The van der Waals surface area contributed by atoms with E-state index in [4.69, 9.17) is 4.74 Å². The molecule has 3 rings (SSSR count). The molecule has 0 bridgehead atoms. The zero-order chi connectivity index (χ0) is 19.8. The van der Waals surface area contributed by atoms with Crippen molar-refractivity contribution < 1.29 is 19.4 Å². The first-order valence-electron chi connectivity index (χ1n) is 9.09. The number of nitrogens with zero attached hydrogens (tertiary/aromatic N) is 1. The Morgan fingerprint density at radius 1 is 1.04 bits per heavy atom. The number of rotatable bonds is 5. The summed E-state index contributed by atoms with van der Waals surface area (Å²) in [6.45, 7) is 7.54. The van der Waals surface area contributed by atoms with Gasteiger partial charge >= 0.3 is 12.1 Å². The van der Waals surface area contributed by atoms with Crippen molar-refractivity contribution in [1.82, 2.24) is 4.57 Å². The fourth-order valence-electron chi connectivity index (χ4n) is 3.79.